The molecule has 1 N–H and O–H groups in total. The van der Waals surface area contributed by atoms with Crippen LogP contribution in [0.2, 0.25) is 0 Å². The Labute approximate surface area is 116 Å². The van der Waals surface area contributed by atoms with E-state index in [1.807, 2.05) is 0 Å². The van der Waals surface area contributed by atoms with Crippen LogP contribution >= 0.6 is 0 Å². The maximum Gasteiger partial charge on any atom is 0.141 e. The second-order valence-corrected chi connectivity index (χ2v) is 4.86. The molecule has 0 aromatic carbocycles. The molecule has 0 aliphatic carbocycles. The Hall–Kier alpha value is -1.16. The predicted octanol–water partition coefficient (Wildman–Crippen LogP) is 3.35. The maximum absolute atomic E-state index is 13.4. The van der Waals surface area contributed by atoms with E-state index >= 15 is 0 Å². The van der Waals surface area contributed by atoms with Crippen LogP contribution in [0.25, 0.3) is 0 Å². The van der Waals surface area contributed by atoms with Crippen molar-refractivity contribution in [1.29, 1.82) is 0 Å². The molecule has 1 atom stereocenters. The number of hydrogen-bond acceptors (Lipinski definition) is 3. The molecule has 0 saturated heterocycles. The van der Waals surface area contributed by atoms with Crippen molar-refractivity contribution in [2.45, 2.75) is 53.1 Å². The highest BCUT2D eigenvalue weighted by atomic mass is 19.1. The van der Waals surface area contributed by atoms with Crippen molar-refractivity contribution in [3.05, 3.63) is 23.6 Å². The van der Waals surface area contributed by atoms with Crippen molar-refractivity contribution in [3.8, 4) is 0 Å². The van der Waals surface area contributed by atoms with Crippen molar-refractivity contribution < 1.29 is 4.39 Å². The Morgan fingerprint density at radius 1 is 1.37 bits per heavy atom. The third-order valence-corrected chi connectivity index (χ3v) is 3.39. The van der Waals surface area contributed by atoms with Gasteiger partial charge in [-0.05, 0) is 39.3 Å². The van der Waals surface area contributed by atoms with Gasteiger partial charge in [0, 0.05) is 24.7 Å². The number of rotatable bonds is 8. The molecule has 1 unspecified atom stereocenters. The van der Waals surface area contributed by atoms with Crippen LogP contribution in [0.3, 0.4) is 0 Å². The van der Waals surface area contributed by atoms with Crippen molar-refractivity contribution in [1.82, 2.24) is 10.3 Å². The fourth-order valence-corrected chi connectivity index (χ4v) is 2.15. The van der Waals surface area contributed by atoms with Gasteiger partial charge in [-0.25, -0.2) is 9.37 Å². The van der Waals surface area contributed by atoms with E-state index in [-0.39, 0.29) is 5.82 Å². The minimum absolute atomic E-state index is 0.266. The topological polar surface area (TPSA) is 28.2 Å². The smallest absolute Gasteiger partial charge is 0.141 e. The molecular formula is C15H26FN3. The van der Waals surface area contributed by atoms with Crippen LogP contribution in [0.4, 0.5) is 10.2 Å². The number of hydrogen-bond donors (Lipinski definition) is 1. The Balaban J connectivity index is 2.96. The van der Waals surface area contributed by atoms with Crippen molar-refractivity contribution in [2.75, 3.05) is 18.0 Å². The lowest BCUT2D eigenvalue weighted by Gasteiger charge is -2.30. The first-order chi connectivity index (χ1) is 9.13. The van der Waals surface area contributed by atoms with E-state index < -0.39 is 0 Å². The minimum atomic E-state index is -0.266. The van der Waals surface area contributed by atoms with Crippen LogP contribution in [0, 0.1) is 5.82 Å². The Morgan fingerprint density at radius 3 is 2.68 bits per heavy atom. The molecule has 0 spiro atoms. The molecule has 19 heavy (non-hydrogen) atoms. The van der Waals surface area contributed by atoms with Crippen molar-refractivity contribution in [2.24, 2.45) is 0 Å². The lowest BCUT2D eigenvalue weighted by Crippen LogP contribution is -2.34. The van der Waals surface area contributed by atoms with E-state index in [1.54, 1.807) is 6.07 Å². The van der Waals surface area contributed by atoms with Crippen LogP contribution in [-0.2, 0) is 6.54 Å². The largest absolute Gasteiger partial charge is 0.354 e. The highest BCUT2D eigenvalue weighted by Crippen LogP contribution is 2.21. The second kappa shape index (κ2) is 8.10. The van der Waals surface area contributed by atoms with Crippen LogP contribution < -0.4 is 10.2 Å². The summed E-state index contributed by atoms with van der Waals surface area (Å²) in [5, 5.41) is 3.32. The highest BCUT2D eigenvalue weighted by Gasteiger charge is 2.16. The van der Waals surface area contributed by atoms with E-state index in [9.17, 15) is 4.39 Å². The van der Waals surface area contributed by atoms with Gasteiger partial charge in [-0.15, -0.1) is 0 Å². The van der Waals surface area contributed by atoms with Gasteiger partial charge in [-0.2, -0.15) is 0 Å². The molecule has 0 aliphatic rings. The van der Waals surface area contributed by atoms with Crippen LogP contribution in [0.1, 0.15) is 46.1 Å². The molecule has 108 valence electrons. The summed E-state index contributed by atoms with van der Waals surface area (Å²) in [7, 11) is 0. The number of nitrogens with one attached hydrogen (secondary N) is 1. The van der Waals surface area contributed by atoms with Gasteiger partial charge >= 0.3 is 0 Å². The van der Waals surface area contributed by atoms with E-state index in [0.29, 0.717) is 12.6 Å². The number of anilines is 1. The average Bonchev–Trinajstić information content (AvgIpc) is 2.41. The molecule has 0 amide bonds. The molecule has 1 heterocycles. The first-order valence-electron chi connectivity index (χ1n) is 7.25. The van der Waals surface area contributed by atoms with Gasteiger partial charge in [0.2, 0.25) is 0 Å². The molecule has 0 radical (unpaired) electrons. The molecule has 1 aromatic heterocycles. The summed E-state index contributed by atoms with van der Waals surface area (Å²) < 4.78 is 13.4. The molecule has 0 bridgehead atoms. The summed E-state index contributed by atoms with van der Waals surface area (Å²) in [5.41, 5.74) is 0.940. The second-order valence-electron chi connectivity index (χ2n) is 4.86. The molecule has 0 aliphatic heterocycles. The van der Waals surface area contributed by atoms with Gasteiger partial charge in [0.25, 0.3) is 0 Å². The third kappa shape index (κ3) is 4.46. The van der Waals surface area contributed by atoms with E-state index in [0.717, 1.165) is 37.3 Å². The molecule has 0 fully saturated rings. The summed E-state index contributed by atoms with van der Waals surface area (Å²) in [5.74, 6) is 0.638. The molecular weight excluding hydrogens is 241 g/mol. The number of halogens is 1. The summed E-state index contributed by atoms with van der Waals surface area (Å²) in [6.45, 7) is 11.1. The first-order valence-corrected chi connectivity index (χ1v) is 7.25. The monoisotopic (exact) mass is 267 g/mol. The zero-order valence-corrected chi connectivity index (χ0v) is 12.5. The third-order valence-electron chi connectivity index (χ3n) is 3.39. The molecule has 1 aromatic rings. The highest BCUT2D eigenvalue weighted by molar-refractivity contribution is 5.47. The number of nitrogens with zero attached hydrogens (tertiary/aromatic N) is 2. The van der Waals surface area contributed by atoms with Gasteiger partial charge in [0.1, 0.15) is 11.6 Å². The lowest BCUT2D eigenvalue weighted by atomic mass is 10.1. The van der Waals surface area contributed by atoms with E-state index in [1.165, 1.54) is 6.20 Å². The summed E-state index contributed by atoms with van der Waals surface area (Å²) in [6.07, 6.45) is 3.43. The van der Waals surface area contributed by atoms with Crippen LogP contribution in [0.5, 0.6) is 0 Å². The van der Waals surface area contributed by atoms with Gasteiger partial charge in [0.05, 0.1) is 6.20 Å². The van der Waals surface area contributed by atoms with Gasteiger partial charge in [-0.1, -0.05) is 13.8 Å². The Bertz CT molecular complexity index is 382. The van der Waals surface area contributed by atoms with E-state index in [4.69, 9.17) is 0 Å². The van der Waals surface area contributed by atoms with Gasteiger partial charge < -0.3 is 10.2 Å². The Morgan fingerprint density at radius 2 is 2.11 bits per heavy atom. The standard InChI is InChI=1S/C15H26FN3/c1-5-8-17-10-13-9-14(16)11-18-15(13)19(7-3)12(4)6-2/h9,11-12,17H,5-8,10H2,1-4H3. The molecule has 4 heteroatoms. The summed E-state index contributed by atoms with van der Waals surface area (Å²) in [6, 6.07) is 2.00. The van der Waals surface area contributed by atoms with Crippen molar-refractivity contribution >= 4 is 5.82 Å². The normalized spacial score (nSPS) is 12.5. The van der Waals surface area contributed by atoms with Gasteiger partial charge in [-0.3, -0.25) is 0 Å². The maximum atomic E-state index is 13.4. The van der Waals surface area contributed by atoms with Crippen molar-refractivity contribution in [3.63, 3.8) is 0 Å². The Kier molecular flexibility index (Phi) is 6.78. The van der Waals surface area contributed by atoms with E-state index in [2.05, 4.69) is 42.9 Å². The SMILES string of the molecule is CCCNCc1cc(F)cnc1N(CC)C(C)CC. The fraction of sp³-hybridized carbons (Fsp3) is 0.667. The first kappa shape index (κ1) is 15.9. The lowest BCUT2D eigenvalue weighted by molar-refractivity contribution is 0.592. The predicted molar refractivity (Wildman–Crippen MR) is 79.0 cm³/mol. The fourth-order valence-electron chi connectivity index (χ4n) is 2.15. The molecule has 0 saturated carbocycles. The minimum Gasteiger partial charge on any atom is -0.354 e. The number of aromatic nitrogens is 1. The quantitative estimate of drug-likeness (QED) is 0.732. The summed E-state index contributed by atoms with van der Waals surface area (Å²) in [4.78, 5) is 6.55. The van der Waals surface area contributed by atoms with Gasteiger partial charge in [0.15, 0.2) is 0 Å². The molecule has 3 nitrogen and oxygen atoms in total. The number of pyridine rings is 1. The average molecular weight is 267 g/mol. The summed E-state index contributed by atoms with van der Waals surface area (Å²) >= 11 is 0. The zero-order chi connectivity index (χ0) is 14.3. The molecule has 1 rings (SSSR count). The zero-order valence-electron chi connectivity index (χ0n) is 12.5. The van der Waals surface area contributed by atoms with Crippen LogP contribution in [-0.4, -0.2) is 24.1 Å². The van der Waals surface area contributed by atoms with Crippen LogP contribution in [0.15, 0.2) is 12.3 Å².